The van der Waals surface area contributed by atoms with E-state index in [9.17, 15) is 4.79 Å². The lowest BCUT2D eigenvalue weighted by atomic mass is 10.3. The number of halogens is 2. The monoisotopic (exact) mass is 354 g/mol. The summed E-state index contributed by atoms with van der Waals surface area (Å²) >= 11 is 9.20. The van der Waals surface area contributed by atoms with Crippen molar-refractivity contribution in [1.82, 2.24) is 0 Å². The second-order valence-corrected chi connectivity index (χ2v) is 5.29. The fraction of sp³-hybridized carbons (Fsp3) is 0.0714. The number of methoxy groups -OCH3 is 1. The molecule has 104 valence electrons. The van der Waals surface area contributed by atoms with Crippen LogP contribution in [0.2, 0.25) is 5.02 Å². The Labute approximate surface area is 130 Å². The maximum Gasteiger partial charge on any atom is 0.323 e. The zero-order valence-electron chi connectivity index (χ0n) is 10.6. The molecule has 20 heavy (non-hydrogen) atoms. The molecule has 0 radical (unpaired) electrons. The molecule has 0 fully saturated rings. The third-order valence-corrected chi connectivity index (χ3v) is 3.22. The van der Waals surface area contributed by atoms with Crippen LogP contribution in [0.1, 0.15) is 0 Å². The van der Waals surface area contributed by atoms with Gasteiger partial charge < -0.3 is 15.4 Å². The number of rotatable bonds is 3. The molecule has 0 unspecified atom stereocenters. The summed E-state index contributed by atoms with van der Waals surface area (Å²) in [5.41, 5.74) is 1.20. The van der Waals surface area contributed by atoms with Crippen molar-refractivity contribution in [3.8, 4) is 5.75 Å². The van der Waals surface area contributed by atoms with Gasteiger partial charge in [-0.3, -0.25) is 0 Å². The average Bonchev–Trinajstić information content (AvgIpc) is 2.40. The Morgan fingerprint density at radius 2 is 2.00 bits per heavy atom. The highest BCUT2D eigenvalue weighted by Gasteiger charge is 2.08. The molecule has 4 nitrogen and oxygen atoms in total. The average molecular weight is 356 g/mol. The molecule has 0 bridgehead atoms. The Morgan fingerprint density at radius 1 is 1.20 bits per heavy atom. The van der Waals surface area contributed by atoms with Gasteiger partial charge >= 0.3 is 6.03 Å². The van der Waals surface area contributed by atoms with Crippen LogP contribution in [0, 0.1) is 0 Å². The summed E-state index contributed by atoms with van der Waals surface area (Å²) in [6.45, 7) is 0. The maximum atomic E-state index is 11.9. The summed E-state index contributed by atoms with van der Waals surface area (Å²) in [7, 11) is 1.54. The molecule has 2 rings (SSSR count). The Bertz CT molecular complexity index is 634. The molecule has 0 saturated heterocycles. The number of carbonyl (C=O) groups excluding carboxylic acids is 1. The van der Waals surface area contributed by atoms with E-state index in [1.807, 2.05) is 6.07 Å². The van der Waals surface area contributed by atoms with Gasteiger partial charge in [0.25, 0.3) is 0 Å². The van der Waals surface area contributed by atoms with E-state index >= 15 is 0 Å². The quantitative estimate of drug-likeness (QED) is 0.834. The topological polar surface area (TPSA) is 50.4 Å². The Kier molecular flexibility index (Phi) is 4.87. The molecule has 0 saturated carbocycles. The Hall–Kier alpha value is -1.72. The lowest BCUT2D eigenvalue weighted by Gasteiger charge is -2.11. The van der Waals surface area contributed by atoms with Gasteiger partial charge in [0.2, 0.25) is 0 Å². The minimum absolute atomic E-state index is 0.368. The number of hydrogen-bond donors (Lipinski definition) is 2. The van der Waals surface area contributed by atoms with Gasteiger partial charge in [0.15, 0.2) is 0 Å². The predicted octanol–water partition coefficient (Wildman–Crippen LogP) is 4.76. The molecular weight excluding hydrogens is 344 g/mol. The summed E-state index contributed by atoms with van der Waals surface area (Å²) in [6, 6.07) is 11.9. The fourth-order valence-electron chi connectivity index (χ4n) is 1.62. The highest BCUT2D eigenvalue weighted by Crippen LogP contribution is 2.28. The van der Waals surface area contributed by atoms with E-state index in [4.69, 9.17) is 16.3 Å². The van der Waals surface area contributed by atoms with Crippen molar-refractivity contribution in [2.75, 3.05) is 17.7 Å². The van der Waals surface area contributed by atoms with Crippen LogP contribution in [0.5, 0.6) is 5.75 Å². The number of benzene rings is 2. The Balaban J connectivity index is 2.08. The van der Waals surface area contributed by atoms with Gasteiger partial charge in [-0.2, -0.15) is 0 Å². The molecule has 0 aliphatic heterocycles. The molecule has 2 amide bonds. The zero-order valence-corrected chi connectivity index (χ0v) is 13.0. The van der Waals surface area contributed by atoms with E-state index < -0.39 is 0 Å². The SMILES string of the molecule is COc1cc(Br)ccc1NC(=O)Nc1cccc(Cl)c1. The van der Waals surface area contributed by atoms with E-state index in [0.29, 0.717) is 22.1 Å². The first kappa shape index (κ1) is 14.7. The highest BCUT2D eigenvalue weighted by atomic mass is 79.9. The van der Waals surface area contributed by atoms with Crippen molar-refractivity contribution in [3.63, 3.8) is 0 Å². The van der Waals surface area contributed by atoms with Crippen LogP contribution in [0.4, 0.5) is 16.2 Å². The highest BCUT2D eigenvalue weighted by molar-refractivity contribution is 9.10. The third kappa shape index (κ3) is 3.88. The van der Waals surface area contributed by atoms with Gasteiger partial charge in [-0.1, -0.05) is 33.6 Å². The van der Waals surface area contributed by atoms with Crippen LogP contribution >= 0.6 is 27.5 Å². The molecule has 0 aromatic heterocycles. The largest absolute Gasteiger partial charge is 0.495 e. The summed E-state index contributed by atoms with van der Waals surface area (Å²) in [5.74, 6) is 0.570. The van der Waals surface area contributed by atoms with E-state index in [1.165, 1.54) is 0 Å². The number of urea groups is 1. The number of carbonyl (C=O) groups is 1. The second-order valence-electron chi connectivity index (χ2n) is 3.93. The maximum absolute atomic E-state index is 11.9. The fourth-order valence-corrected chi connectivity index (χ4v) is 2.15. The Morgan fingerprint density at radius 3 is 2.70 bits per heavy atom. The van der Waals surface area contributed by atoms with Crippen LogP contribution < -0.4 is 15.4 Å². The van der Waals surface area contributed by atoms with Crippen LogP contribution in [-0.4, -0.2) is 13.1 Å². The van der Waals surface area contributed by atoms with Crippen molar-refractivity contribution in [2.24, 2.45) is 0 Å². The number of amides is 2. The van der Waals surface area contributed by atoms with Crippen molar-refractivity contribution in [1.29, 1.82) is 0 Å². The molecule has 6 heteroatoms. The zero-order chi connectivity index (χ0) is 14.5. The van der Waals surface area contributed by atoms with Gasteiger partial charge in [0, 0.05) is 15.2 Å². The minimum atomic E-state index is -0.368. The van der Waals surface area contributed by atoms with Crippen LogP contribution in [0.25, 0.3) is 0 Å². The van der Waals surface area contributed by atoms with Crippen molar-refractivity contribution in [2.45, 2.75) is 0 Å². The standard InChI is InChI=1S/C14H12BrClN2O2/c1-20-13-7-9(15)5-6-12(13)18-14(19)17-11-4-2-3-10(16)8-11/h2-8H,1H3,(H2,17,18,19). The van der Waals surface area contributed by atoms with Crippen LogP contribution in [0.15, 0.2) is 46.9 Å². The van der Waals surface area contributed by atoms with E-state index in [0.717, 1.165) is 4.47 Å². The summed E-state index contributed by atoms with van der Waals surface area (Å²) < 4.78 is 6.07. The van der Waals surface area contributed by atoms with Crippen LogP contribution in [-0.2, 0) is 0 Å². The lowest BCUT2D eigenvalue weighted by Crippen LogP contribution is -2.19. The number of hydrogen-bond acceptors (Lipinski definition) is 2. The molecule has 0 heterocycles. The summed E-state index contributed by atoms with van der Waals surface area (Å²) in [4.78, 5) is 11.9. The lowest BCUT2D eigenvalue weighted by molar-refractivity contribution is 0.262. The first-order valence-electron chi connectivity index (χ1n) is 5.75. The number of ether oxygens (including phenoxy) is 1. The van der Waals surface area contributed by atoms with Crippen molar-refractivity contribution in [3.05, 3.63) is 52.0 Å². The molecular formula is C14H12BrClN2O2. The second kappa shape index (κ2) is 6.63. The number of anilines is 2. The van der Waals surface area contributed by atoms with E-state index in [1.54, 1.807) is 43.5 Å². The molecule has 0 spiro atoms. The molecule has 2 aromatic carbocycles. The predicted molar refractivity (Wildman–Crippen MR) is 84.8 cm³/mol. The van der Waals surface area contributed by atoms with E-state index in [-0.39, 0.29) is 6.03 Å². The van der Waals surface area contributed by atoms with Gasteiger partial charge in [-0.05, 0) is 36.4 Å². The van der Waals surface area contributed by atoms with Gasteiger partial charge in [-0.15, -0.1) is 0 Å². The first-order chi connectivity index (χ1) is 9.58. The molecule has 2 N–H and O–H groups in total. The molecule has 0 atom stereocenters. The van der Waals surface area contributed by atoms with Crippen LogP contribution in [0.3, 0.4) is 0 Å². The van der Waals surface area contributed by atoms with Gasteiger partial charge in [0.1, 0.15) is 5.75 Å². The number of nitrogens with one attached hydrogen (secondary N) is 2. The van der Waals surface area contributed by atoms with Gasteiger partial charge in [-0.25, -0.2) is 4.79 Å². The summed E-state index contributed by atoms with van der Waals surface area (Å²) in [5, 5.41) is 5.97. The molecule has 0 aliphatic carbocycles. The van der Waals surface area contributed by atoms with E-state index in [2.05, 4.69) is 26.6 Å². The minimum Gasteiger partial charge on any atom is -0.495 e. The smallest absolute Gasteiger partial charge is 0.323 e. The normalized spacial score (nSPS) is 9.95. The third-order valence-electron chi connectivity index (χ3n) is 2.49. The molecule has 2 aromatic rings. The van der Waals surface area contributed by atoms with Gasteiger partial charge in [0.05, 0.1) is 12.8 Å². The first-order valence-corrected chi connectivity index (χ1v) is 6.92. The molecule has 0 aliphatic rings. The summed E-state index contributed by atoms with van der Waals surface area (Å²) in [6.07, 6.45) is 0. The van der Waals surface area contributed by atoms with Crippen molar-refractivity contribution >= 4 is 44.9 Å². The van der Waals surface area contributed by atoms with Crippen molar-refractivity contribution < 1.29 is 9.53 Å².